The van der Waals surface area contributed by atoms with Crippen molar-refractivity contribution in [2.45, 2.75) is 36.2 Å². The molecule has 2 nitrogen and oxygen atoms in total. The molecule has 16 heavy (non-hydrogen) atoms. The van der Waals surface area contributed by atoms with E-state index in [1.165, 1.54) is 30.8 Å². The van der Waals surface area contributed by atoms with Gasteiger partial charge in [-0.15, -0.1) is 23.5 Å². The van der Waals surface area contributed by atoms with Crippen LogP contribution in [0.4, 0.5) is 0 Å². The highest BCUT2D eigenvalue weighted by molar-refractivity contribution is 8.21. The largest absolute Gasteiger partial charge is 0.481 e. The molecule has 0 radical (unpaired) electrons. The minimum atomic E-state index is -0.556. The van der Waals surface area contributed by atoms with E-state index in [0.29, 0.717) is 15.9 Å². The smallest absolute Gasteiger partial charge is 0.306 e. The van der Waals surface area contributed by atoms with Crippen molar-refractivity contribution in [3.8, 4) is 0 Å². The average Bonchev–Trinajstić information content (AvgIpc) is 2.66. The number of hydrogen-bond donors (Lipinski definition) is 1. The highest BCUT2D eigenvalue weighted by atomic mass is 32.2. The maximum Gasteiger partial charge on any atom is 0.306 e. The van der Waals surface area contributed by atoms with Crippen LogP contribution in [0.5, 0.6) is 0 Å². The van der Waals surface area contributed by atoms with E-state index in [-0.39, 0.29) is 5.92 Å². The van der Waals surface area contributed by atoms with Gasteiger partial charge >= 0.3 is 5.97 Å². The molecule has 0 amide bonds. The molecule has 1 heterocycles. The molecular formula is C12H18O2S2. The van der Waals surface area contributed by atoms with E-state index in [2.05, 4.69) is 23.5 Å². The molecule has 2 atom stereocenters. The van der Waals surface area contributed by atoms with Crippen LogP contribution in [0, 0.1) is 17.8 Å². The molecule has 0 aromatic carbocycles. The Morgan fingerprint density at radius 2 is 1.69 bits per heavy atom. The van der Waals surface area contributed by atoms with Gasteiger partial charge in [0.05, 0.1) is 10.00 Å². The fraction of sp³-hybridized carbons (Fsp3) is 0.917. The highest BCUT2D eigenvalue weighted by Gasteiger charge is 2.55. The summed E-state index contributed by atoms with van der Waals surface area (Å²) in [5.41, 5.74) is 0. The summed E-state index contributed by atoms with van der Waals surface area (Å²) in [4.78, 5) is 11.2. The Morgan fingerprint density at radius 1 is 1.12 bits per heavy atom. The van der Waals surface area contributed by atoms with Gasteiger partial charge in [-0.25, -0.2) is 0 Å². The second kappa shape index (κ2) is 4.13. The summed E-state index contributed by atoms with van der Waals surface area (Å²) in [6.07, 6.45) is 5.72. The van der Waals surface area contributed by atoms with Crippen molar-refractivity contribution < 1.29 is 9.90 Å². The molecule has 3 aliphatic rings. The third-order valence-corrected chi connectivity index (χ3v) is 8.49. The van der Waals surface area contributed by atoms with Gasteiger partial charge < -0.3 is 5.11 Å². The molecule has 2 unspecified atom stereocenters. The highest BCUT2D eigenvalue weighted by Crippen LogP contribution is 2.64. The van der Waals surface area contributed by atoms with Crippen LogP contribution in [-0.2, 0) is 4.79 Å². The molecule has 90 valence electrons. The zero-order valence-electron chi connectivity index (χ0n) is 9.35. The molecule has 2 bridgehead atoms. The molecule has 2 aliphatic carbocycles. The first-order valence-electron chi connectivity index (χ1n) is 6.23. The van der Waals surface area contributed by atoms with Crippen LogP contribution in [0.25, 0.3) is 0 Å². The van der Waals surface area contributed by atoms with Crippen molar-refractivity contribution in [3.05, 3.63) is 0 Å². The van der Waals surface area contributed by atoms with Crippen LogP contribution in [0.1, 0.15) is 32.1 Å². The first kappa shape index (κ1) is 11.3. The quantitative estimate of drug-likeness (QED) is 0.784. The van der Waals surface area contributed by atoms with Crippen molar-refractivity contribution in [2.24, 2.45) is 17.8 Å². The van der Waals surface area contributed by atoms with Crippen LogP contribution >= 0.6 is 23.5 Å². The normalized spacial score (nSPS) is 41.1. The second-order valence-corrected chi connectivity index (χ2v) is 8.25. The lowest BCUT2D eigenvalue weighted by atomic mass is 9.67. The number of rotatable bonds is 1. The Balaban J connectivity index is 1.85. The van der Waals surface area contributed by atoms with Gasteiger partial charge in [0.25, 0.3) is 0 Å². The van der Waals surface area contributed by atoms with Gasteiger partial charge in [0, 0.05) is 11.5 Å². The number of carbonyl (C=O) groups is 1. The van der Waals surface area contributed by atoms with E-state index >= 15 is 0 Å². The Hall–Kier alpha value is 0.170. The lowest BCUT2D eigenvalue weighted by molar-refractivity contribution is -0.144. The van der Waals surface area contributed by atoms with Crippen molar-refractivity contribution in [1.29, 1.82) is 0 Å². The molecule has 1 aliphatic heterocycles. The minimum Gasteiger partial charge on any atom is -0.481 e. The molecule has 3 fully saturated rings. The molecule has 2 saturated carbocycles. The first-order chi connectivity index (χ1) is 7.72. The van der Waals surface area contributed by atoms with Gasteiger partial charge in [-0.3, -0.25) is 4.79 Å². The third-order valence-electron chi connectivity index (χ3n) is 4.47. The summed E-state index contributed by atoms with van der Waals surface area (Å²) in [5.74, 6) is 3.27. The lowest BCUT2D eigenvalue weighted by Crippen LogP contribution is -2.47. The Bertz CT molecular complexity index is 283. The fourth-order valence-electron chi connectivity index (χ4n) is 3.81. The molecular weight excluding hydrogens is 240 g/mol. The van der Waals surface area contributed by atoms with Crippen molar-refractivity contribution >= 4 is 29.5 Å². The molecule has 4 heteroatoms. The number of hydrogen-bond acceptors (Lipinski definition) is 3. The second-order valence-electron chi connectivity index (χ2n) is 5.25. The summed E-state index contributed by atoms with van der Waals surface area (Å²) in [6.45, 7) is 0. The van der Waals surface area contributed by atoms with E-state index in [1.54, 1.807) is 0 Å². The van der Waals surface area contributed by atoms with Crippen LogP contribution in [0.3, 0.4) is 0 Å². The number of thioether (sulfide) groups is 2. The molecule has 3 rings (SSSR count). The van der Waals surface area contributed by atoms with E-state index in [4.69, 9.17) is 0 Å². The standard InChI is InChI=1S/C12H18O2S2/c13-11(14)8-6-9-2-1-3-10(7-8)12(9)15-4-5-16-12/h8-10H,1-7H2,(H,13,14). The van der Waals surface area contributed by atoms with E-state index < -0.39 is 5.97 Å². The van der Waals surface area contributed by atoms with E-state index in [0.717, 1.165) is 12.8 Å². The summed E-state index contributed by atoms with van der Waals surface area (Å²) >= 11 is 4.28. The minimum absolute atomic E-state index is 0.0530. The maximum atomic E-state index is 11.2. The molecule has 1 N–H and O–H groups in total. The topological polar surface area (TPSA) is 37.3 Å². The summed E-state index contributed by atoms with van der Waals surface area (Å²) < 4.78 is 0.421. The van der Waals surface area contributed by atoms with Gasteiger partial charge in [0.2, 0.25) is 0 Å². The fourth-order valence-corrected chi connectivity index (χ4v) is 7.75. The monoisotopic (exact) mass is 258 g/mol. The third kappa shape index (κ3) is 1.60. The van der Waals surface area contributed by atoms with Gasteiger partial charge in [-0.2, -0.15) is 0 Å². The van der Waals surface area contributed by atoms with Gasteiger partial charge in [0.15, 0.2) is 0 Å². The summed E-state index contributed by atoms with van der Waals surface area (Å²) in [7, 11) is 0. The predicted molar refractivity (Wildman–Crippen MR) is 68.8 cm³/mol. The Labute approximate surface area is 105 Å². The summed E-state index contributed by atoms with van der Waals surface area (Å²) in [6, 6.07) is 0. The maximum absolute atomic E-state index is 11.2. The van der Waals surface area contributed by atoms with Crippen LogP contribution < -0.4 is 0 Å². The van der Waals surface area contributed by atoms with Gasteiger partial charge in [0.1, 0.15) is 0 Å². The van der Waals surface area contributed by atoms with Crippen LogP contribution in [-0.4, -0.2) is 26.7 Å². The molecule has 1 saturated heterocycles. The van der Waals surface area contributed by atoms with Gasteiger partial charge in [-0.05, 0) is 37.5 Å². The number of aliphatic carboxylic acids is 1. The number of carboxylic acid groups (broad SMARTS) is 1. The predicted octanol–water partition coefficient (Wildman–Crippen LogP) is 3.07. The molecule has 1 spiro atoms. The SMILES string of the molecule is O=C(O)C1CC2CCCC(C1)C21SCCS1. The van der Waals surface area contributed by atoms with Crippen molar-refractivity contribution in [1.82, 2.24) is 0 Å². The van der Waals surface area contributed by atoms with Gasteiger partial charge in [-0.1, -0.05) is 6.42 Å². The summed E-state index contributed by atoms with van der Waals surface area (Å²) in [5, 5.41) is 9.21. The first-order valence-corrected chi connectivity index (χ1v) is 8.20. The molecule has 0 aromatic heterocycles. The Kier molecular flexibility index (Phi) is 2.91. The Morgan fingerprint density at radius 3 is 2.19 bits per heavy atom. The van der Waals surface area contributed by atoms with Crippen molar-refractivity contribution in [3.63, 3.8) is 0 Å². The lowest BCUT2D eigenvalue weighted by Gasteiger charge is -2.51. The average molecular weight is 258 g/mol. The van der Waals surface area contributed by atoms with Crippen LogP contribution in [0.15, 0.2) is 0 Å². The van der Waals surface area contributed by atoms with Crippen LogP contribution in [0.2, 0.25) is 0 Å². The zero-order chi connectivity index (χ0) is 11.2. The van der Waals surface area contributed by atoms with E-state index in [1.807, 2.05) is 0 Å². The van der Waals surface area contributed by atoms with Crippen molar-refractivity contribution in [2.75, 3.05) is 11.5 Å². The zero-order valence-corrected chi connectivity index (χ0v) is 11.0. The number of carboxylic acids is 1. The van der Waals surface area contributed by atoms with E-state index in [9.17, 15) is 9.90 Å². The molecule has 0 aromatic rings.